The van der Waals surface area contributed by atoms with Crippen molar-refractivity contribution in [3.8, 4) is 11.8 Å². The van der Waals surface area contributed by atoms with Crippen molar-refractivity contribution in [1.29, 1.82) is 0 Å². The molecule has 2 aromatic rings. The van der Waals surface area contributed by atoms with Crippen LogP contribution in [0.25, 0.3) is 0 Å². The molecule has 0 atom stereocenters. The van der Waals surface area contributed by atoms with Crippen molar-refractivity contribution in [3.63, 3.8) is 0 Å². The first-order valence-electron chi connectivity index (χ1n) is 9.88. The number of aldehydes is 1. The lowest BCUT2D eigenvalue weighted by molar-refractivity contribution is -0.107. The molecule has 0 spiro atoms. The van der Waals surface area contributed by atoms with Crippen molar-refractivity contribution in [2.24, 2.45) is 0 Å². The third-order valence-corrected chi connectivity index (χ3v) is 5.67. The second-order valence-corrected chi connectivity index (χ2v) is 7.76. The first kappa shape index (κ1) is 21.1. The molecule has 1 saturated carbocycles. The van der Waals surface area contributed by atoms with E-state index in [4.69, 9.17) is 11.6 Å². The number of carbonyl (C=O) groups is 2. The summed E-state index contributed by atoms with van der Waals surface area (Å²) in [4.78, 5) is 25.5. The van der Waals surface area contributed by atoms with Crippen LogP contribution in [-0.2, 0) is 4.79 Å². The minimum absolute atomic E-state index is 0.0253. The van der Waals surface area contributed by atoms with Crippen LogP contribution in [-0.4, -0.2) is 36.3 Å². The molecule has 4 nitrogen and oxygen atoms in total. The van der Waals surface area contributed by atoms with Crippen LogP contribution in [0, 0.1) is 11.8 Å². The van der Waals surface area contributed by atoms with Gasteiger partial charge in [0.25, 0.3) is 5.91 Å². The monoisotopic (exact) mass is 408 g/mol. The number of carbonyl (C=O) groups excluding carboxylic acids is 2. The summed E-state index contributed by atoms with van der Waals surface area (Å²) < 4.78 is 0. The minimum atomic E-state index is -0.368. The Balaban J connectivity index is 1.70. The molecule has 0 aliphatic heterocycles. The maximum atomic E-state index is 13.1. The summed E-state index contributed by atoms with van der Waals surface area (Å²) in [5.74, 6) is 6.18. The molecule has 0 bridgehead atoms. The number of hydrogen-bond acceptors (Lipinski definition) is 3. The average Bonchev–Trinajstić information content (AvgIpc) is 3.23. The molecule has 0 heterocycles. The van der Waals surface area contributed by atoms with Gasteiger partial charge in [0.1, 0.15) is 6.29 Å². The van der Waals surface area contributed by atoms with Crippen LogP contribution in [0.15, 0.2) is 48.5 Å². The SMILES string of the molecule is CN(C(=O)c1ccc(C#Cc2ccc(Cl)cc2)cc1)C1(NCCC=O)CCCC1. The van der Waals surface area contributed by atoms with E-state index >= 15 is 0 Å². The van der Waals surface area contributed by atoms with Gasteiger partial charge in [-0.3, -0.25) is 10.1 Å². The lowest BCUT2D eigenvalue weighted by Crippen LogP contribution is -2.57. The van der Waals surface area contributed by atoms with Gasteiger partial charge in [0.15, 0.2) is 0 Å². The molecule has 0 saturated heterocycles. The van der Waals surface area contributed by atoms with E-state index in [1.807, 2.05) is 55.6 Å². The normalized spacial score (nSPS) is 14.7. The van der Waals surface area contributed by atoms with Crippen molar-refractivity contribution in [3.05, 3.63) is 70.2 Å². The van der Waals surface area contributed by atoms with Crippen molar-refractivity contribution in [2.45, 2.75) is 37.8 Å². The Labute approximate surface area is 177 Å². The van der Waals surface area contributed by atoms with Crippen LogP contribution < -0.4 is 5.32 Å². The summed E-state index contributed by atoms with van der Waals surface area (Å²) in [5.41, 5.74) is 2.00. The smallest absolute Gasteiger partial charge is 0.255 e. The van der Waals surface area contributed by atoms with E-state index in [0.717, 1.165) is 43.1 Å². The predicted octanol–water partition coefficient (Wildman–Crippen LogP) is 4.26. The molecule has 3 rings (SSSR count). The van der Waals surface area contributed by atoms with E-state index in [1.165, 1.54) is 0 Å². The zero-order valence-electron chi connectivity index (χ0n) is 16.6. The van der Waals surface area contributed by atoms with Gasteiger partial charge < -0.3 is 9.69 Å². The van der Waals surface area contributed by atoms with Crippen LogP contribution in [0.2, 0.25) is 5.02 Å². The molecule has 1 aliphatic carbocycles. The molecular formula is C24H25ClN2O2. The fraction of sp³-hybridized carbons (Fsp3) is 0.333. The van der Waals surface area contributed by atoms with Gasteiger partial charge in [-0.25, -0.2) is 0 Å². The highest BCUT2D eigenvalue weighted by atomic mass is 35.5. The first-order valence-corrected chi connectivity index (χ1v) is 10.3. The van der Waals surface area contributed by atoms with Crippen molar-refractivity contribution < 1.29 is 9.59 Å². The van der Waals surface area contributed by atoms with Gasteiger partial charge in [0.2, 0.25) is 0 Å². The predicted molar refractivity (Wildman–Crippen MR) is 116 cm³/mol. The topological polar surface area (TPSA) is 49.4 Å². The summed E-state index contributed by atoms with van der Waals surface area (Å²) >= 11 is 5.89. The zero-order valence-corrected chi connectivity index (χ0v) is 17.3. The van der Waals surface area contributed by atoms with Gasteiger partial charge in [-0.2, -0.15) is 0 Å². The van der Waals surface area contributed by atoms with Crippen LogP contribution in [0.1, 0.15) is 53.6 Å². The Kier molecular flexibility index (Phi) is 7.09. The molecule has 150 valence electrons. The molecule has 0 radical (unpaired) electrons. The van der Waals surface area contributed by atoms with Gasteiger partial charge in [0.05, 0.1) is 5.66 Å². The fourth-order valence-corrected chi connectivity index (χ4v) is 3.84. The van der Waals surface area contributed by atoms with Gasteiger partial charge in [-0.05, 0) is 74.2 Å². The van der Waals surface area contributed by atoms with Gasteiger partial charge >= 0.3 is 0 Å². The van der Waals surface area contributed by atoms with Crippen LogP contribution in [0.3, 0.4) is 0 Å². The number of amides is 1. The summed E-state index contributed by atoms with van der Waals surface area (Å²) in [7, 11) is 1.84. The van der Waals surface area contributed by atoms with E-state index < -0.39 is 0 Å². The molecule has 0 unspecified atom stereocenters. The second kappa shape index (κ2) is 9.73. The quantitative estimate of drug-likeness (QED) is 0.336. The maximum Gasteiger partial charge on any atom is 0.255 e. The highest BCUT2D eigenvalue weighted by Crippen LogP contribution is 2.33. The number of benzene rings is 2. The Morgan fingerprint density at radius 3 is 2.17 bits per heavy atom. The third-order valence-electron chi connectivity index (χ3n) is 5.42. The molecule has 1 N–H and O–H groups in total. The first-order chi connectivity index (χ1) is 14.0. The molecule has 1 amide bonds. The van der Waals surface area contributed by atoms with Crippen molar-refractivity contribution >= 4 is 23.8 Å². The number of halogens is 1. The van der Waals surface area contributed by atoms with E-state index in [-0.39, 0.29) is 11.6 Å². The van der Waals surface area contributed by atoms with Gasteiger partial charge in [0, 0.05) is 41.7 Å². The number of hydrogen-bond donors (Lipinski definition) is 1. The molecule has 0 aromatic heterocycles. The molecule has 1 aliphatic rings. The summed E-state index contributed by atoms with van der Waals surface area (Å²) in [6.45, 7) is 0.584. The Morgan fingerprint density at radius 1 is 1.07 bits per heavy atom. The standard InChI is InChI=1S/C24H25ClN2O2/c1-27(24(15-2-3-16-24)26-17-4-18-28)23(29)21-11-7-19(8-12-21)5-6-20-9-13-22(25)14-10-20/h7-14,18,26H,2-4,15-17H2,1H3. The van der Waals surface area contributed by atoms with E-state index in [1.54, 1.807) is 4.90 Å². The summed E-state index contributed by atoms with van der Waals surface area (Å²) in [6.07, 6.45) is 5.30. The van der Waals surface area contributed by atoms with Crippen LogP contribution in [0.4, 0.5) is 0 Å². The van der Waals surface area contributed by atoms with E-state index in [2.05, 4.69) is 17.2 Å². The van der Waals surface area contributed by atoms with Crippen LogP contribution in [0.5, 0.6) is 0 Å². The van der Waals surface area contributed by atoms with Gasteiger partial charge in [-0.1, -0.05) is 23.4 Å². The second-order valence-electron chi connectivity index (χ2n) is 7.32. The summed E-state index contributed by atoms with van der Waals surface area (Å²) in [6, 6.07) is 14.7. The van der Waals surface area contributed by atoms with E-state index in [9.17, 15) is 9.59 Å². The van der Waals surface area contributed by atoms with Gasteiger partial charge in [-0.15, -0.1) is 0 Å². The number of nitrogens with one attached hydrogen (secondary N) is 1. The molecule has 2 aromatic carbocycles. The fourth-order valence-electron chi connectivity index (χ4n) is 3.72. The molecule has 29 heavy (non-hydrogen) atoms. The lowest BCUT2D eigenvalue weighted by Gasteiger charge is -2.40. The minimum Gasteiger partial charge on any atom is -0.323 e. The summed E-state index contributed by atoms with van der Waals surface area (Å²) in [5, 5.41) is 4.13. The number of nitrogens with zero attached hydrogens (tertiary/aromatic N) is 1. The highest BCUT2D eigenvalue weighted by Gasteiger charge is 2.39. The highest BCUT2D eigenvalue weighted by molar-refractivity contribution is 6.30. The Bertz CT molecular complexity index is 905. The van der Waals surface area contributed by atoms with Crippen molar-refractivity contribution in [2.75, 3.05) is 13.6 Å². The number of rotatable bonds is 6. The van der Waals surface area contributed by atoms with E-state index in [0.29, 0.717) is 23.6 Å². The molecule has 5 heteroatoms. The Morgan fingerprint density at radius 2 is 1.62 bits per heavy atom. The average molecular weight is 409 g/mol. The zero-order chi connectivity index (χ0) is 20.7. The lowest BCUT2D eigenvalue weighted by atomic mass is 10.0. The molecular weight excluding hydrogens is 384 g/mol. The van der Waals surface area contributed by atoms with Crippen molar-refractivity contribution in [1.82, 2.24) is 10.2 Å². The molecule has 1 fully saturated rings. The largest absolute Gasteiger partial charge is 0.323 e. The Hall–Kier alpha value is -2.61. The van der Waals surface area contributed by atoms with Crippen LogP contribution >= 0.6 is 11.6 Å². The third kappa shape index (κ3) is 5.26. The maximum absolute atomic E-state index is 13.1.